The van der Waals surface area contributed by atoms with Crippen molar-refractivity contribution in [1.29, 1.82) is 0 Å². The molecule has 0 saturated heterocycles. The Kier molecular flexibility index (Phi) is 6.49. The third-order valence-corrected chi connectivity index (χ3v) is 6.20. The van der Waals surface area contributed by atoms with Crippen LogP contribution in [0, 0.1) is 5.41 Å². The molecule has 0 radical (unpaired) electrons. The number of ether oxygens (including phenoxy) is 5. The molecule has 33 heavy (non-hydrogen) atoms. The molecule has 1 heterocycles. The molecule has 1 aliphatic carbocycles. The minimum absolute atomic E-state index is 0.00460. The number of benzene rings is 2. The van der Waals surface area contributed by atoms with Crippen molar-refractivity contribution in [3.05, 3.63) is 41.5 Å². The predicted octanol–water partition coefficient (Wildman–Crippen LogP) is 4.93. The van der Waals surface area contributed by atoms with Gasteiger partial charge in [-0.3, -0.25) is 4.79 Å². The first kappa shape index (κ1) is 23.0. The summed E-state index contributed by atoms with van der Waals surface area (Å²) in [5.41, 5.74) is 2.13. The zero-order valence-corrected chi connectivity index (χ0v) is 19.6. The summed E-state index contributed by atoms with van der Waals surface area (Å²) in [6.07, 6.45) is 4.02. The van der Waals surface area contributed by atoms with Crippen molar-refractivity contribution < 1.29 is 33.3 Å². The predicted molar refractivity (Wildman–Crippen MR) is 122 cm³/mol. The van der Waals surface area contributed by atoms with Gasteiger partial charge in [-0.25, -0.2) is 4.79 Å². The van der Waals surface area contributed by atoms with Gasteiger partial charge in [0.05, 0.1) is 25.2 Å². The highest BCUT2D eigenvalue weighted by Crippen LogP contribution is 2.45. The Morgan fingerprint density at radius 2 is 1.76 bits per heavy atom. The molecule has 7 nitrogen and oxygen atoms in total. The number of rotatable bonds is 8. The van der Waals surface area contributed by atoms with Crippen LogP contribution in [0.25, 0.3) is 11.1 Å². The fourth-order valence-electron chi connectivity index (χ4n) is 4.20. The molecule has 1 fully saturated rings. The van der Waals surface area contributed by atoms with E-state index < -0.39 is 5.41 Å². The van der Waals surface area contributed by atoms with Crippen LogP contribution < -0.4 is 14.2 Å². The maximum Gasteiger partial charge on any atom is 0.338 e. The van der Waals surface area contributed by atoms with Gasteiger partial charge in [0, 0.05) is 11.1 Å². The van der Waals surface area contributed by atoms with Gasteiger partial charge < -0.3 is 23.7 Å². The van der Waals surface area contributed by atoms with Gasteiger partial charge in [-0.2, -0.15) is 0 Å². The van der Waals surface area contributed by atoms with Crippen LogP contribution in [0.3, 0.4) is 0 Å². The lowest BCUT2D eigenvalue weighted by molar-refractivity contribution is -0.161. The molecule has 0 atom stereocenters. The van der Waals surface area contributed by atoms with Crippen molar-refractivity contribution in [2.75, 3.05) is 20.8 Å². The smallest absolute Gasteiger partial charge is 0.338 e. The minimum Gasteiger partial charge on any atom is -0.493 e. The fourth-order valence-corrected chi connectivity index (χ4v) is 4.20. The normalized spacial score (nSPS) is 15.7. The van der Waals surface area contributed by atoms with Crippen LogP contribution in [0.4, 0.5) is 0 Å². The molecule has 1 aliphatic heterocycles. The van der Waals surface area contributed by atoms with E-state index in [9.17, 15) is 9.59 Å². The highest BCUT2D eigenvalue weighted by atomic mass is 16.6. The number of carbonyl (C=O) groups excluding carboxylic acids is 2. The second-order valence-corrected chi connectivity index (χ2v) is 9.11. The summed E-state index contributed by atoms with van der Waals surface area (Å²) in [6.45, 7) is 3.97. The Labute approximate surface area is 193 Å². The van der Waals surface area contributed by atoms with E-state index in [-0.39, 0.29) is 31.3 Å². The molecule has 0 unspecified atom stereocenters. The van der Waals surface area contributed by atoms with Gasteiger partial charge in [-0.1, -0.05) is 6.07 Å². The van der Waals surface area contributed by atoms with Crippen LogP contribution in [0.1, 0.15) is 55.5 Å². The van der Waals surface area contributed by atoms with Gasteiger partial charge in [-0.05, 0) is 69.4 Å². The molecule has 2 aromatic rings. The van der Waals surface area contributed by atoms with E-state index in [4.69, 9.17) is 23.7 Å². The maximum atomic E-state index is 12.8. The highest BCUT2D eigenvalue weighted by Gasteiger charge is 2.34. The molecule has 4 rings (SSSR count). The molecule has 176 valence electrons. The zero-order chi connectivity index (χ0) is 23.6. The lowest BCUT2D eigenvalue weighted by Gasteiger charge is -2.26. The van der Waals surface area contributed by atoms with Crippen molar-refractivity contribution in [2.24, 2.45) is 5.41 Å². The Morgan fingerprint density at radius 1 is 1.03 bits per heavy atom. The second-order valence-electron chi connectivity index (χ2n) is 9.11. The third-order valence-electron chi connectivity index (χ3n) is 6.20. The average Bonchev–Trinajstić information content (AvgIpc) is 3.46. The zero-order valence-electron chi connectivity index (χ0n) is 19.6. The molecule has 0 amide bonds. The molecule has 2 aromatic carbocycles. The summed E-state index contributed by atoms with van der Waals surface area (Å²) in [5.74, 6) is 0.822. The monoisotopic (exact) mass is 454 g/mol. The van der Waals surface area contributed by atoms with Gasteiger partial charge in [0.2, 0.25) is 5.75 Å². The Bertz CT molecular complexity index is 1050. The van der Waals surface area contributed by atoms with E-state index in [1.807, 2.05) is 32.0 Å². The standard InChI is InChI=1S/C26H30O7/c1-26(2,25(28)33-18-7-5-6-8-18)15-32-22-19(11-12-21(29-3)23(22)30-4)16-9-10-20-17(13-16)14-31-24(20)27/h9-13,18H,5-8,14-15H2,1-4H3. The van der Waals surface area contributed by atoms with E-state index in [0.29, 0.717) is 22.8 Å². The first-order valence-electron chi connectivity index (χ1n) is 11.2. The Morgan fingerprint density at radius 3 is 2.45 bits per heavy atom. The molecule has 2 aliphatic rings. The average molecular weight is 455 g/mol. The summed E-state index contributed by atoms with van der Waals surface area (Å²) in [6, 6.07) is 9.19. The summed E-state index contributed by atoms with van der Waals surface area (Å²) < 4.78 is 28.2. The topological polar surface area (TPSA) is 80.3 Å². The molecule has 7 heteroatoms. The molecular weight excluding hydrogens is 424 g/mol. The second kappa shape index (κ2) is 9.33. The van der Waals surface area contributed by atoms with Gasteiger partial charge in [-0.15, -0.1) is 0 Å². The SMILES string of the molecule is COc1ccc(-c2ccc3c(c2)COC3=O)c(OCC(C)(C)C(=O)OC2CCCC2)c1OC. The summed E-state index contributed by atoms with van der Waals surface area (Å²) >= 11 is 0. The molecule has 0 aromatic heterocycles. The van der Waals surface area contributed by atoms with E-state index in [1.54, 1.807) is 26.4 Å². The van der Waals surface area contributed by atoms with Crippen molar-refractivity contribution in [1.82, 2.24) is 0 Å². The van der Waals surface area contributed by atoms with Crippen LogP contribution in [0.15, 0.2) is 30.3 Å². The Hall–Kier alpha value is -3.22. The van der Waals surface area contributed by atoms with Crippen molar-refractivity contribution in [2.45, 2.75) is 52.2 Å². The fraction of sp³-hybridized carbons (Fsp3) is 0.462. The lowest BCUT2D eigenvalue weighted by Crippen LogP contribution is -2.35. The number of hydrogen-bond acceptors (Lipinski definition) is 7. The third kappa shape index (κ3) is 4.63. The largest absolute Gasteiger partial charge is 0.493 e. The number of fused-ring (bicyclic) bond motifs is 1. The van der Waals surface area contributed by atoms with Crippen molar-refractivity contribution in [3.8, 4) is 28.4 Å². The van der Waals surface area contributed by atoms with Crippen LogP contribution in [-0.2, 0) is 20.9 Å². The van der Waals surface area contributed by atoms with Crippen molar-refractivity contribution in [3.63, 3.8) is 0 Å². The summed E-state index contributed by atoms with van der Waals surface area (Å²) in [4.78, 5) is 24.7. The molecule has 0 bridgehead atoms. The van der Waals surface area contributed by atoms with E-state index in [1.165, 1.54) is 0 Å². The summed E-state index contributed by atoms with van der Waals surface area (Å²) in [7, 11) is 3.10. The van der Waals surface area contributed by atoms with Gasteiger partial charge >= 0.3 is 11.9 Å². The highest BCUT2D eigenvalue weighted by molar-refractivity contribution is 5.94. The van der Waals surface area contributed by atoms with Gasteiger partial charge in [0.25, 0.3) is 0 Å². The van der Waals surface area contributed by atoms with Crippen LogP contribution >= 0.6 is 0 Å². The Balaban J connectivity index is 1.63. The minimum atomic E-state index is -0.855. The van der Waals surface area contributed by atoms with E-state index >= 15 is 0 Å². The number of methoxy groups -OCH3 is 2. The number of carbonyl (C=O) groups is 2. The first-order valence-corrected chi connectivity index (χ1v) is 11.2. The summed E-state index contributed by atoms with van der Waals surface area (Å²) in [5, 5.41) is 0. The number of cyclic esters (lactones) is 1. The lowest BCUT2D eigenvalue weighted by atomic mass is 9.94. The first-order chi connectivity index (χ1) is 15.8. The van der Waals surface area contributed by atoms with E-state index in [0.717, 1.165) is 42.4 Å². The molecular formula is C26H30O7. The van der Waals surface area contributed by atoms with Crippen molar-refractivity contribution >= 4 is 11.9 Å². The van der Waals surface area contributed by atoms with Crippen LogP contribution in [0.2, 0.25) is 0 Å². The molecule has 0 N–H and O–H groups in total. The van der Waals surface area contributed by atoms with E-state index in [2.05, 4.69) is 0 Å². The van der Waals surface area contributed by atoms with Crippen LogP contribution in [-0.4, -0.2) is 38.9 Å². The van der Waals surface area contributed by atoms with Crippen LogP contribution in [0.5, 0.6) is 17.2 Å². The number of hydrogen-bond donors (Lipinski definition) is 0. The maximum absolute atomic E-state index is 12.8. The molecule has 0 spiro atoms. The van der Waals surface area contributed by atoms with Gasteiger partial charge in [0.1, 0.15) is 19.3 Å². The van der Waals surface area contributed by atoms with Gasteiger partial charge in [0.15, 0.2) is 11.5 Å². The molecule has 1 saturated carbocycles. The number of esters is 2. The quantitative estimate of drug-likeness (QED) is 0.523.